The predicted molar refractivity (Wildman–Crippen MR) is 61.0 cm³/mol. The number of rotatable bonds is 7. The van der Waals surface area contributed by atoms with Crippen LogP contribution in [0.25, 0.3) is 0 Å². The number of aldehydes is 1. The van der Waals surface area contributed by atoms with Crippen LogP contribution in [0, 0.1) is 5.92 Å². The SMILES string of the molecule is CCCCOCCN1CCC(C=O)CC1. The molecule has 15 heavy (non-hydrogen) atoms. The molecule has 0 amide bonds. The zero-order valence-corrected chi connectivity index (χ0v) is 9.78. The van der Waals surface area contributed by atoms with Gasteiger partial charge >= 0.3 is 0 Å². The molecule has 1 fully saturated rings. The first-order valence-electron chi connectivity index (χ1n) is 6.12. The molecule has 0 radical (unpaired) electrons. The van der Waals surface area contributed by atoms with Crippen molar-refractivity contribution in [3.63, 3.8) is 0 Å². The van der Waals surface area contributed by atoms with Crippen LogP contribution in [-0.4, -0.2) is 44.0 Å². The first kappa shape index (κ1) is 12.7. The number of carbonyl (C=O) groups excluding carboxylic acids is 1. The van der Waals surface area contributed by atoms with Gasteiger partial charge in [-0.3, -0.25) is 0 Å². The normalized spacial score (nSPS) is 19.3. The van der Waals surface area contributed by atoms with Gasteiger partial charge in [-0.2, -0.15) is 0 Å². The van der Waals surface area contributed by atoms with Gasteiger partial charge in [-0.1, -0.05) is 13.3 Å². The quantitative estimate of drug-likeness (QED) is 0.476. The number of likely N-dealkylation sites (tertiary alicyclic amines) is 1. The smallest absolute Gasteiger partial charge is 0.123 e. The van der Waals surface area contributed by atoms with Gasteiger partial charge in [-0.25, -0.2) is 0 Å². The summed E-state index contributed by atoms with van der Waals surface area (Å²) in [6.07, 6.45) is 5.52. The zero-order chi connectivity index (χ0) is 10.9. The van der Waals surface area contributed by atoms with Crippen LogP contribution < -0.4 is 0 Å². The molecule has 1 rings (SSSR count). The van der Waals surface area contributed by atoms with E-state index >= 15 is 0 Å². The topological polar surface area (TPSA) is 29.5 Å². The van der Waals surface area contributed by atoms with Crippen LogP contribution >= 0.6 is 0 Å². The minimum atomic E-state index is 0.308. The van der Waals surface area contributed by atoms with Crippen molar-refractivity contribution < 1.29 is 9.53 Å². The molecule has 3 heteroatoms. The minimum absolute atomic E-state index is 0.308. The summed E-state index contributed by atoms with van der Waals surface area (Å²) in [6, 6.07) is 0. The molecule has 3 nitrogen and oxygen atoms in total. The summed E-state index contributed by atoms with van der Waals surface area (Å²) in [4.78, 5) is 13.0. The molecular formula is C12H23NO2. The summed E-state index contributed by atoms with van der Waals surface area (Å²) >= 11 is 0. The maximum Gasteiger partial charge on any atom is 0.123 e. The largest absolute Gasteiger partial charge is 0.380 e. The molecule has 0 saturated carbocycles. The first-order valence-corrected chi connectivity index (χ1v) is 6.12. The minimum Gasteiger partial charge on any atom is -0.380 e. The van der Waals surface area contributed by atoms with Gasteiger partial charge < -0.3 is 14.4 Å². The van der Waals surface area contributed by atoms with Gasteiger partial charge in [0.2, 0.25) is 0 Å². The summed E-state index contributed by atoms with van der Waals surface area (Å²) < 4.78 is 5.52. The maximum atomic E-state index is 10.6. The van der Waals surface area contributed by atoms with Crippen LogP contribution in [0.3, 0.4) is 0 Å². The van der Waals surface area contributed by atoms with Gasteiger partial charge in [-0.15, -0.1) is 0 Å². The number of piperidine rings is 1. The lowest BCUT2D eigenvalue weighted by Gasteiger charge is -2.29. The second kappa shape index (κ2) is 7.83. The summed E-state index contributed by atoms with van der Waals surface area (Å²) in [6.45, 7) is 7.04. The molecule has 0 spiro atoms. The Balaban J connectivity index is 1.96. The van der Waals surface area contributed by atoms with Gasteiger partial charge in [0, 0.05) is 19.1 Å². The number of unbranched alkanes of at least 4 members (excludes halogenated alkanes) is 1. The van der Waals surface area contributed by atoms with Crippen molar-refractivity contribution >= 4 is 6.29 Å². The highest BCUT2D eigenvalue weighted by molar-refractivity contribution is 5.53. The van der Waals surface area contributed by atoms with E-state index in [-0.39, 0.29) is 0 Å². The summed E-state index contributed by atoms with van der Waals surface area (Å²) in [7, 11) is 0. The van der Waals surface area contributed by atoms with E-state index in [1.807, 2.05) is 0 Å². The fraction of sp³-hybridized carbons (Fsp3) is 0.917. The van der Waals surface area contributed by atoms with Crippen molar-refractivity contribution in [3.8, 4) is 0 Å². The van der Waals surface area contributed by atoms with Gasteiger partial charge in [-0.05, 0) is 32.4 Å². The molecule has 0 unspecified atom stereocenters. The van der Waals surface area contributed by atoms with Crippen LogP contribution in [-0.2, 0) is 9.53 Å². The summed E-state index contributed by atoms with van der Waals surface area (Å²) in [5.41, 5.74) is 0. The van der Waals surface area contributed by atoms with E-state index in [9.17, 15) is 4.79 Å². The Bertz CT molecular complexity index is 165. The Hall–Kier alpha value is -0.410. The molecule has 0 aromatic carbocycles. The predicted octanol–water partition coefficient (Wildman–Crippen LogP) is 1.71. The molecule has 0 aliphatic carbocycles. The van der Waals surface area contributed by atoms with E-state index in [2.05, 4.69) is 11.8 Å². The maximum absolute atomic E-state index is 10.6. The van der Waals surface area contributed by atoms with E-state index < -0.39 is 0 Å². The summed E-state index contributed by atoms with van der Waals surface area (Å²) in [5, 5.41) is 0. The molecule has 0 aromatic heterocycles. The Morgan fingerprint density at radius 2 is 2.07 bits per heavy atom. The molecule has 88 valence electrons. The van der Waals surface area contributed by atoms with Crippen LogP contribution in [0.4, 0.5) is 0 Å². The Kier molecular flexibility index (Phi) is 6.60. The van der Waals surface area contributed by atoms with Crippen molar-refractivity contribution in [1.82, 2.24) is 4.90 Å². The molecular weight excluding hydrogens is 190 g/mol. The highest BCUT2D eigenvalue weighted by atomic mass is 16.5. The third-order valence-electron chi connectivity index (χ3n) is 3.02. The van der Waals surface area contributed by atoms with Crippen LogP contribution in [0.5, 0.6) is 0 Å². The molecule has 0 bridgehead atoms. The standard InChI is InChI=1S/C12H23NO2/c1-2-3-9-15-10-8-13-6-4-12(11-14)5-7-13/h11-12H,2-10H2,1H3. The van der Waals surface area contributed by atoms with Crippen LogP contribution in [0.15, 0.2) is 0 Å². The molecule has 1 saturated heterocycles. The average Bonchev–Trinajstić information content (AvgIpc) is 2.30. The van der Waals surface area contributed by atoms with Crippen molar-refractivity contribution in [2.45, 2.75) is 32.6 Å². The second-order valence-electron chi connectivity index (χ2n) is 4.28. The molecule has 1 aliphatic rings. The van der Waals surface area contributed by atoms with Crippen molar-refractivity contribution in [2.75, 3.05) is 32.8 Å². The van der Waals surface area contributed by atoms with E-state index in [0.29, 0.717) is 5.92 Å². The van der Waals surface area contributed by atoms with Gasteiger partial charge in [0.05, 0.1) is 6.61 Å². The average molecular weight is 213 g/mol. The molecule has 0 aromatic rings. The summed E-state index contributed by atoms with van der Waals surface area (Å²) in [5.74, 6) is 0.308. The second-order valence-corrected chi connectivity index (χ2v) is 4.28. The van der Waals surface area contributed by atoms with E-state index in [1.165, 1.54) is 6.42 Å². The lowest BCUT2D eigenvalue weighted by atomic mass is 9.99. The molecule has 0 atom stereocenters. The number of hydrogen-bond donors (Lipinski definition) is 0. The van der Waals surface area contributed by atoms with Crippen LogP contribution in [0.1, 0.15) is 32.6 Å². The van der Waals surface area contributed by atoms with E-state index in [4.69, 9.17) is 4.74 Å². The van der Waals surface area contributed by atoms with Crippen molar-refractivity contribution in [2.24, 2.45) is 5.92 Å². The number of carbonyl (C=O) groups is 1. The highest BCUT2D eigenvalue weighted by Gasteiger charge is 2.17. The van der Waals surface area contributed by atoms with Crippen LogP contribution in [0.2, 0.25) is 0 Å². The van der Waals surface area contributed by atoms with E-state index in [1.54, 1.807) is 0 Å². The first-order chi connectivity index (χ1) is 7.36. The van der Waals surface area contributed by atoms with Gasteiger partial charge in [0.15, 0.2) is 0 Å². The monoisotopic (exact) mass is 213 g/mol. The number of hydrogen-bond acceptors (Lipinski definition) is 3. The van der Waals surface area contributed by atoms with Crippen molar-refractivity contribution in [3.05, 3.63) is 0 Å². The van der Waals surface area contributed by atoms with E-state index in [0.717, 1.165) is 58.4 Å². The fourth-order valence-electron chi connectivity index (χ4n) is 1.85. The number of nitrogens with zero attached hydrogens (tertiary/aromatic N) is 1. The Labute approximate surface area is 92.8 Å². The third-order valence-corrected chi connectivity index (χ3v) is 3.02. The third kappa shape index (κ3) is 5.28. The molecule has 1 aliphatic heterocycles. The highest BCUT2D eigenvalue weighted by Crippen LogP contribution is 2.14. The lowest BCUT2D eigenvalue weighted by molar-refractivity contribution is -0.112. The number of ether oxygens (including phenoxy) is 1. The van der Waals surface area contributed by atoms with Gasteiger partial charge in [0.1, 0.15) is 6.29 Å². The van der Waals surface area contributed by atoms with Crippen molar-refractivity contribution in [1.29, 1.82) is 0 Å². The fourth-order valence-corrected chi connectivity index (χ4v) is 1.85. The molecule has 1 heterocycles. The molecule has 0 N–H and O–H groups in total. The zero-order valence-electron chi connectivity index (χ0n) is 9.78. The lowest BCUT2D eigenvalue weighted by Crippen LogP contribution is -2.36. The van der Waals surface area contributed by atoms with Gasteiger partial charge in [0.25, 0.3) is 0 Å². The Morgan fingerprint density at radius 1 is 1.33 bits per heavy atom. The Morgan fingerprint density at radius 3 is 2.67 bits per heavy atom.